The summed E-state index contributed by atoms with van der Waals surface area (Å²) < 4.78 is 55.5. The molecule has 0 radical (unpaired) electrons. The summed E-state index contributed by atoms with van der Waals surface area (Å²) in [7, 11) is 1.36. The van der Waals surface area contributed by atoms with Crippen molar-refractivity contribution in [3.63, 3.8) is 0 Å². The monoisotopic (exact) mass is 472 g/mol. The zero-order valence-corrected chi connectivity index (χ0v) is 18.4. The Bertz CT molecular complexity index is 1310. The predicted octanol–water partition coefficient (Wildman–Crippen LogP) is 4.88. The molecule has 1 aliphatic heterocycles. The van der Waals surface area contributed by atoms with Gasteiger partial charge in [0.15, 0.2) is 5.01 Å². The molecule has 0 spiro atoms. The summed E-state index contributed by atoms with van der Waals surface area (Å²) in [6, 6.07) is 8.81. The second kappa shape index (κ2) is 8.60. The molecule has 4 aromatic rings. The van der Waals surface area contributed by atoms with Gasteiger partial charge in [-0.25, -0.2) is 19.3 Å². The van der Waals surface area contributed by atoms with Crippen molar-refractivity contribution < 1.29 is 22.6 Å². The largest absolute Gasteiger partial charge is 0.480 e. The van der Waals surface area contributed by atoms with E-state index in [1.54, 1.807) is 6.07 Å². The average molecular weight is 472 g/mol. The third-order valence-electron chi connectivity index (χ3n) is 5.54. The number of aromatic nitrogens is 3. The predicted molar refractivity (Wildman–Crippen MR) is 120 cm³/mol. The van der Waals surface area contributed by atoms with Crippen LogP contribution >= 0.6 is 11.3 Å². The number of benzene rings is 2. The number of halogens is 3. The highest BCUT2D eigenvalue weighted by Gasteiger charge is 2.38. The first-order valence-electron chi connectivity index (χ1n) is 10.2. The Labute approximate surface area is 191 Å². The van der Waals surface area contributed by atoms with Crippen molar-refractivity contribution in [1.29, 1.82) is 0 Å². The van der Waals surface area contributed by atoms with Gasteiger partial charge in [0.2, 0.25) is 5.88 Å². The van der Waals surface area contributed by atoms with Crippen LogP contribution in [0.3, 0.4) is 0 Å². The van der Waals surface area contributed by atoms with E-state index in [0.717, 1.165) is 48.3 Å². The summed E-state index contributed by atoms with van der Waals surface area (Å²) in [5, 5.41) is 1.54. The molecule has 1 saturated heterocycles. The highest BCUT2D eigenvalue weighted by molar-refractivity contribution is 7.10. The van der Waals surface area contributed by atoms with Crippen LogP contribution in [0, 0.1) is 5.82 Å². The SMILES string of the molecule is COc1csc(C(F)(F)c2ccc(F)c(-c3ncnc4cc(N5CCOCC5)ccc34)c2)n1. The van der Waals surface area contributed by atoms with Gasteiger partial charge in [-0.3, -0.25) is 0 Å². The summed E-state index contributed by atoms with van der Waals surface area (Å²) in [5.74, 6) is -3.96. The average Bonchev–Trinajstić information content (AvgIpc) is 3.34. The van der Waals surface area contributed by atoms with Crippen LogP contribution in [0.2, 0.25) is 0 Å². The Balaban J connectivity index is 1.56. The number of thiazole rings is 1. The van der Waals surface area contributed by atoms with Crippen LogP contribution in [0.15, 0.2) is 48.1 Å². The minimum Gasteiger partial charge on any atom is -0.480 e. The highest BCUT2D eigenvalue weighted by Crippen LogP contribution is 2.41. The smallest absolute Gasteiger partial charge is 0.324 e. The van der Waals surface area contributed by atoms with Crippen molar-refractivity contribution in [2.24, 2.45) is 0 Å². The van der Waals surface area contributed by atoms with Crippen LogP contribution in [-0.4, -0.2) is 48.4 Å². The molecule has 0 N–H and O–H groups in total. The van der Waals surface area contributed by atoms with Gasteiger partial charge in [0.1, 0.15) is 12.1 Å². The molecule has 1 aliphatic rings. The van der Waals surface area contributed by atoms with E-state index >= 15 is 8.78 Å². The molecule has 170 valence electrons. The van der Waals surface area contributed by atoms with E-state index in [9.17, 15) is 4.39 Å². The van der Waals surface area contributed by atoms with Gasteiger partial charge in [-0.2, -0.15) is 8.78 Å². The first kappa shape index (κ1) is 21.6. The molecule has 0 unspecified atom stereocenters. The third-order valence-corrected chi connectivity index (χ3v) is 6.43. The van der Waals surface area contributed by atoms with Crippen molar-refractivity contribution in [3.05, 3.63) is 64.5 Å². The minimum atomic E-state index is -3.42. The van der Waals surface area contributed by atoms with E-state index in [0.29, 0.717) is 24.1 Å². The summed E-state index contributed by atoms with van der Waals surface area (Å²) in [6.07, 6.45) is 1.32. The van der Waals surface area contributed by atoms with Crippen LogP contribution in [0.4, 0.5) is 18.9 Å². The Morgan fingerprint density at radius 3 is 2.67 bits per heavy atom. The zero-order chi connectivity index (χ0) is 23.0. The second-order valence-electron chi connectivity index (χ2n) is 7.49. The summed E-state index contributed by atoms with van der Waals surface area (Å²) in [4.78, 5) is 14.5. The van der Waals surface area contributed by atoms with Gasteiger partial charge in [0.25, 0.3) is 0 Å². The normalized spacial score (nSPS) is 14.6. The molecular formula is C23H19F3N4O2S. The molecule has 2 aromatic carbocycles. The number of fused-ring (bicyclic) bond motifs is 1. The fourth-order valence-corrected chi connectivity index (χ4v) is 4.57. The Morgan fingerprint density at radius 2 is 1.91 bits per heavy atom. The van der Waals surface area contributed by atoms with Crippen LogP contribution in [0.5, 0.6) is 5.88 Å². The first-order chi connectivity index (χ1) is 16.0. The molecule has 3 heterocycles. The number of nitrogens with zero attached hydrogens (tertiary/aromatic N) is 4. The van der Waals surface area contributed by atoms with Crippen molar-refractivity contribution in [2.75, 3.05) is 38.3 Å². The Kier molecular flexibility index (Phi) is 5.63. The fourth-order valence-electron chi connectivity index (χ4n) is 3.80. The van der Waals surface area contributed by atoms with Crippen molar-refractivity contribution in [1.82, 2.24) is 15.0 Å². The van der Waals surface area contributed by atoms with E-state index in [-0.39, 0.29) is 22.7 Å². The lowest BCUT2D eigenvalue weighted by Gasteiger charge is -2.29. The molecule has 5 rings (SSSR count). The maximum atomic E-state index is 15.2. The van der Waals surface area contributed by atoms with Gasteiger partial charge >= 0.3 is 5.92 Å². The molecule has 2 aromatic heterocycles. The van der Waals surface area contributed by atoms with E-state index in [1.807, 2.05) is 12.1 Å². The number of alkyl halides is 2. The molecule has 1 fully saturated rings. The number of hydrogen-bond acceptors (Lipinski definition) is 7. The van der Waals surface area contributed by atoms with Crippen molar-refractivity contribution in [2.45, 2.75) is 5.92 Å². The molecule has 0 saturated carbocycles. The third kappa shape index (κ3) is 4.00. The number of methoxy groups -OCH3 is 1. The van der Waals surface area contributed by atoms with Crippen LogP contribution in [-0.2, 0) is 10.7 Å². The van der Waals surface area contributed by atoms with E-state index in [4.69, 9.17) is 9.47 Å². The Hall–Kier alpha value is -3.24. The van der Waals surface area contributed by atoms with E-state index < -0.39 is 16.7 Å². The molecule has 0 amide bonds. The lowest BCUT2D eigenvalue weighted by molar-refractivity contribution is 0.0421. The van der Waals surface area contributed by atoms with E-state index in [1.165, 1.54) is 18.8 Å². The molecular weight excluding hydrogens is 453 g/mol. The Morgan fingerprint density at radius 1 is 1.09 bits per heavy atom. The van der Waals surface area contributed by atoms with Gasteiger partial charge in [-0.05, 0) is 36.4 Å². The quantitative estimate of drug-likeness (QED) is 0.413. The van der Waals surface area contributed by atoms with Crippen molar-refractivity contribution in [3.8, 4) is 17.1 Å². The molecule has 0 bridgehead atoms. The number of rotatable bonds is 5. The van der Waals surface area contributed by atoms with Gasteiger partial charge < -0.3 is 14.4 Å². The maximum absolute atomic E-state index is 15.2. The van der Waals surface area contributed by atoms with Crippen LogP contribution in [0.1, 0.15) is 10.6 Å². The van der Waals surface area contributed by atoms with Gasteiger partial charge in [-0.1, -0.05) is 0 Å². The molecule has 0 aliphatic carbocycles. The minimum absolute atomic E-state index is 0.0257. The zero-order valence-electron chi connectivity index (χ0n) is 17.6. The summed E-state index contributed by atoms with van der Waals surface area (Å²) in [5.41, 5.74) is 1.41. The number of ether oxygens (including phenoxy) is 2. The number of hydrogen-bond donors (Lipinski definition) is 0. The van der Waals surface area contributed by atoms with Crippen LogP contribution < -0.4 is 9.64 Å². The number of anilines is 1. The lowest BCUT2D eigenvalue weighted by atomic mass is 10.00. The number of morpholine rings is 1. The van der Waals surface area contributed by atoms with E-state index in [2.05, 4.69) is 19.9 Å². The lowest BCUT2D eigenvalue weighted by Crippen LogP contribution is -2.36. The van der Waals surface area contributed by atoms with Gasteiger partial charge in [-0.15, -0.1) is 11.3 Å². The molecule has 0 atom stereocenters. The van der Waals surface area contributed by atoms with Crippen molar-refractivity contribution >= 4 is 27.9 Å². The van der Waals surface area contributed by atoms with Gasteiger partial charge in [0, 0.05) is 35.3 Å². The molecule has 10 heteroatoms. The summed E-state index contributed by atoms with van der Waals surface area (Å²) in [6.45, 7) is 2.81. The summed E-state index contributed by atoms with van der Waals surface area (Å²) >= 11 is 0.780. The maximum Gasteiger partial charge on any atom is 0.324 e. The van der Waals surface area contributed by atoms with Crippen LogP contribution in [0.25, 0.3) is 22.2 Å². The second-order valence-corrected chi connectivity index (χ2v) is 8.35. The standard InChI is InChI=1S/C23H19F3N4O2S/c1-31-20-12-33-22(29-20)23(25,26)14-2-5-18(24)17(10-14)21-16-4-3-15(11-19(16)27-13-28-21)30-6-8-32-9-7-30/h2-5,10-13H,6-9H2,1H3. The topological polar surface area (TPSA) is 60.4 Å². The molecule has 33 heavy (non-hydrogen) atoms. The fraction of sp³-hybridized carbons (Fsp3) is 0.261. The highest BCUT2D eigenvalue weighted by atomic mass is 32.1. The van der Waals surface area contributed by atoms with Gasteiger partial charge in [0.05, 0.1) is 36.9 Å². The first-order valence-corrected chi connectivity index (χ1v) is 11.1. The molecule has 6 nitrogen and oxygen atoms in total.